The molecule has 6 heteroatoms. The molecule has 0 fully saturated rings. The molecule has 4 nitrogen and oxygen atoms in total. The molecule has 0 saturated carbocycles. The van der Waals surface area contributed by atoms with Gasteiger partial charge < -0.3 is 4.74 Å². The molecule has 0 aromatic carbocycles. The summed E-state index contributed by atoms with van der Waals surface area (Å²) in [6.45, 7) is 0. The summed E-state index contributed by atoms with van der Waals surface area (Å²) in [6.07, 6.45) is -0.445. The summed E-state index contributed by atoms with van der Waals surface area (Å²) in [5.74, 6) is -2.19. The summed E-state index contributed by atoms with van der Waals surface area (Å²) in [7, 11) is 1.10. The van der Waals surface area contributed by atoms with E-state index in [-0.39, 0.29) is 5.78 Å². The van der Waals surface area contributed by atoms with Gasteiger partial charge in [-0.15, -0.1) is 11.3 Å². The molecular formula is C9H7BrO4S. The minimum atomic E-state index is -0.987. The lowest BCUT2D eigenvalue weighted by atomic mass is 10.2. The molecule has 0 saturated heterocycles. The molecule has 0 amide bonds. The third kappa shape index (κ3) is 3.24. The maximum absolute atomic E-state index is 11.4. The Balaban J connectivity index is 2.64. The van der Waals surface area contributed by atoms with Gasteiger partial charge >= 0.3 is 5.97 Å². The van der Waals surface area contributed by atoms with E-state index in [1.807, 2.05) is 0 Å². The number of methoxy groups -OCH3 is 1. The van der Waals surface area contributed by atoms with Crippen LogP contribution in [0.3, 0.4) is 0 Å². The number of hydrogen-bond acceptors (Lipinski definition) is 5. The van der Waals surface area contributed by atoms with Gasteiger partial charge in [0.2, 0.25) is 5.78 Å². The largest absolute Gasteiger partial charge is 0.463 e. The third-order valence-electron chi connectivity index (χ3n) is 1.58. The Morgan fingerprint density at radius 2 is 2.07 bits per heavy atom. The predicted octanol–water partition coefficient (Wildman–Crippen LogP) is 1.83. The van der Waals surface area contributed by atoms with E-state index in [2.05, 4.69) is 20.7 Å². The van der Waals surface area contributed by atoms with Crippen molar-refractivity contribution in [1.29, 1.82) is 0 Å². The van der Waals surface area contributed by atoms with Gasteiger partial charge in [0.25, 0.3) is 0 Å². The van der Waals surface area contributed by atoms with E-state index >= 15 is 0 Å². The molecule has 1 aromatic rings. The van der Waals surface area contributed by atoms with Gasteiger partial charge in [0.15, 0.2) is 5.78 Å². The molecule has 0 radical (unpaired) electrons. The van der Waals surface area contributed by atoms with Crippen molar-refractivity contribution in [2.75, 3.05) is 7.11 Å². The number of rotatable bonds is 4. The van der Waals surface area contributed by atoms with Crippen molar-refractivity contribution in [1.82, 2.24) is 0 Å². The van der Waals surface area contributed by atoms with Crippen molar-refractivity contribution in [3.63, 3.8) is 0 Å². The number of Topliss-reactive ketones (excluding diaryl/α,β-unsaturated/α-hetero) is 2. The zero-order valence-electron chi connectivity index (χ0n) is 7.78. The SMILES string of the molecule is COC(=O)C(=O)CC(=O)c1ccc(Br)s1. The normalized spacial score (nSPS) is 9.73. The minimum absolute atomic E-state index is 0.374. The Bertz CT molecular complexity index is 410. The Kier molecular flexibility index (Phi) is 4.16. The maximum atomic E-state index is 11.4. The number of esters is 1. The molecule has 0 aliphatic heterocycles. The lowest BCUT2D eigenvalue weighted by Crippen LogP contribution is -2.18. The van der Waals surface area contributed by atoms with Crippen LogP contribution in [0.2, 0.25) is 0 Å². The first-order chi connectivity index (χ1) is 7.04. The van der Waals surface area contributed by atoms with Gasteiger partial charge in [0.05, 0.1) is 22.2 Å². The van der Waals surface area contributed by atoms with Gasteiger partial charge in [0.1, 0.15) is 0 Å². The maximum Gasteiger partial charge on any atom is 0.374 e. The van der Waals surface area contributed by atoms with Gasteiger partial charge in [-0.05, 0) is 28.1 Å². The van der Waals surface area contributed by atoms with E-state index in [1.54, 1.807) is 12.1 Å². The zero-order valence-corrected chi connectivity index (χ0v) is 10.2. The van der Waals surface area contributed by atoms with Crippen LogP contribution in [0.15, 0.2) is 15.9 Å². The number of ketones is 2. The topological polar surface area (TPSA) is 60.4 Å². The standard InChI is InChI=1S/C9H7BrO4S/c1-14-9(13)6(12)4-5(11)7-2-3-8(10)15-7/h2-3H,4H2,1H3. The van der Waals surface area contributed by atoms with Gasteiger partial charge in [-0.25, -0.2) is 4.79 Å². The van der Waals surface area contributed by atoms with Crippen molar-refractivity contribution in [2.24, 2.45) is 0 Å². The van der Waals surface area contributed by atoms with Crippen LogP contribution in [0.4, 0.5) is 0 Å². The van der Waals surface area contributed by atoms with Crippen LogP contribution in [0.1, 0.15) is 16.1 Å². The summed E-state index contributed by atoms with van der Waals surface area (Å²) < 4.78 is 5.01. The molecule has 15 heavy (non-hydrogen) atoms. The molecular weight excluding hydrogens is 284 g/mol. The highest BCUT2D eigenvalue weighted by molar-refractivity contribution is 9.11. The van der Waals surface area contributed by atoms with Gasteiger partial charge in [-0.3, -0.25) is 9.59 Å². The van der Waals surface area contributed by atoms with Gasteiger partial charge in [0, 0.05) is 0 Å². The van der Waals surface area contributed by atoms with Crippen LogP contribution in [0.25, 0.3) is 0 Å². The summed E-state index contributed by atoms with van der Waals surface area (Å²) in [5, 5.41) is 0. The first kappa shape index (κ1) is 12.1. The second-order valence-electron chi connectivity index (χ2n) is 2.62. The van der Waals surface area contributed by atoms with Crippen LogP contribution in [0.5, 0.6) is 0 Å². The molecule has 0 unspecified atom stereocenters. The summed E-state index contributed by atoms with van der Waals surface area (Å²) in [5.41, 5.74) is 0. The molecule has 0 aliphatic rings. The highest BCUT2D eigenvalue weighted by Crippen LogP contribution is 2.23. The number of carbonyl (C=O) groups excluding carboxylic acids is 3. The fourth-order valence-electron chi connectivity index (χ4n) is 0.883. The number of hydrogen-bond donors (Lipinski definition) is 0. The molecule has 0 spiro atoms. The summed E-state index contributed by atoms with van der Waals surface area (Å²) in [4.78, 5) is 33.7. The van der Waals surface area contributed by atoms with Crippen molar-refractivity contribution >= 4 is 44.8 Å². The molecule has 1 rings (SSSR count). The van der Waals surface area contributed by atoms with E-state index in [0.717, 1.165) is 10.9 Å². The number of halogens is 1. The molecule has 80 valence electrons. The minimum Gasteiger partial charge on any atom is -0.463 e. The Labute approximate surface area is 98.4 Å². The van der Waals surface area contributed by atoms with Gasteiger partial charge in [-0.1, -0.05) is 0 Å². The van der Waals surface area contributed by atoms with Crippen molar-refractivity contribution in [3.05, 3.63) is 20.8 Å². The molecule has 1 aromatic heterocycles. The fraction of sp³-hybridized carbons (Fsp3) is 0.222. The molecule has 1 heterocycles. The monoisotopic (exact) mass is 290 g/mol. The molecule has 0 N–H and O–H groups in total. The first-order valence-electron chi connectivity index (χ1n) is 3.94. The van der Waals surface area contributed by atoms with E-state index in [1.165, 1.54) is 11.3 Å². The van der Waals surface area contributed by atoms with Crippen molar-refractivity contribution < 1.29 is 19.1 Å². The highest BCUT2D eigenvalue weighted by Gasteiger charge is 2.20. The second kappa shape index (κ2) is 5.18. The van der Waals surface area contributed by atoms with Crippen LogP contribution < -0.4 is 0 Å². The quantitative estimate of drug-likeness (QED) is 0.367. The average Bonchev–Trinajstić information content (AvgIpc) is 2.63. The van der Waals surface area contributed by atoms with Crippen LogP contribution in [-0.4, -0.2) is 24.6 Å². The van der Waals surface area contributed by atoms with Crippen LogP contribution >= 0.6 is 27.3 Å². The molecule has 0 atom stereocenters. The van der Waals surface area contributed by atoms with Crippen molar-refractivity contribution in [3.8, 4) is 0 Å². The first-order valence-corrected chi connectivity index (χ1v) is 5.55. The lowest BCUT2D eigenvalue weighted by molar-refractivity contribution is -0.151. The lowest BCUT2D eigenvalue weighted by Gasteiger charge is -1.96. The van der Waals surface area contributed by atoms with E-state index in [9.17, 15) is 14.4 Å². The number of ether oxygens (including phenoxy) is 1. The highest BCUT2D eigenvalue weighted by atomic mass is 79.9. The van der Waals surface area contributed by atoms with Gasteiger partial charge in [-0.2, -0.15) is 0 Å². The van der Waals surface area contributed by atoms with E-state index in [4.69, 9.17) is 0 Å². The van der Waals surface area contributed by atoms with Crippen LogP contribution in [-0.2, 0) is 14.3 Å². The van der Waals surface area contributed by atoms with E-state index in [0.29, 0.717) is 4.88 Å². The fourth-order valence-corrected chi connectivity index (χ4v) is 2.21. The third-order valence-corrected chi connectivity index (χ3v) is 3.25. The van der Waals surface area contributed by atoms with Crippen molar-refractivity contribution in [2.45, 2.75) is 6.42 Å². The van der Waals surface area contributed by atoms with Crippen LogP contribution in [0, 0.1) is 0 Å². The predicted molar refractivity (Wildman–Crippen MR) is 58.0 cm³/mol. The Hall–Kier alpha value is -1.01. The molecule has 0 bridgehead atoms. The Morgan fingerprint density at radius 1 is 1.40 bits per heavy atom. The molecule has 0 aliphatic carbocycles. The smallest absolute Gasteiger partial charge is 0.374 e. The number of carbonyl (C=O) groups is 3. The summed E-state index contributed by atoms with van der Waals surface area (Å²) in [6, 6.07) is 3.31. The zero-order chi connectivity index (χ0) is 11.4. The summed E-state index contributed by atoms with van der Waals surface area (Å²) >= 11 is 4.42. The average molecular weight is 291 g/mol. The second-order valence-corrected chi connectivity index (χ2v) is 5.08. The Morgan fingerprint density at radius 3 is 2.53 bits per heavy atom. The van der Waals surface area contributed by atoms with E-state index < -0.39 is 18.2 Å². The number of thiophene rings is 1.